The zero-order chi connectivity index (χ0) is 14.4. The molecule has 0 aliphatic heterocycles. The highest BCUT2D eigenvalue weighted by atomic mass is 16.1. The summed E-state index contributed by atoms with van der Waals surface area (Å²) in [5, 5.41) is 2.92. The van der Waals surface area contributed by atoms with E-state index in [1.807, 2.05) is 49.4 Å². The average Bonchev–Trinajstić information content (AvgIpc) is 2.45. The summed E-state index contributed by atoms with van der Waals surface area (Å²) in [6, 6.07) is 13.7. The lowest BCUT2D eigenvalue weighted by Crippen LogP contribution is -2.21. The summed E-state index contributed by atoms with van der Waals surface area (Å²) in [7, 11) is 0. The number of anilines is 1. The van der Waals surface area contributed by atoms with Crippen LogP contribution >= 0.6 is 0 Å². The molecule has 1 aromatic carbocycles. The van der Waals surface area contributed by atoms with Crippen LogP contribution in [0.4, 0.5) is 5.82 Å². The zero-order valence-corrected chi connectivity index (χ0v) is 12.0. The van der Waals surface area contributed by atoms with E-state index in [9.17, 15) is 4.79 Å². The smallest absolute Gasteiger partial charge is 0.233 e. The summed E-state index contributed by atoms with van der Waals surface area (Å²) in [5.74, 6) is 0.506. The number of hydrogen-bond donors (Lipinski definition) is 1. The van der Waals surface area contributed by atoms with Gasteiger partial charge in [-0.3, -0.25) is 4.79 Å². The standard InChI is InChI=1S/C17H20N2O/c1-3-7-15(14-8-5-4-6-9-14)17(20)19-16-12-13(2)10-11-18-16/h4-6,8-12,15H,3,7H2,1-2H3,(H,18,19,20). The first kappa shape index (κ1) is 14.3. The normalized spacial score (nSPS) is 11.9. The summed E-state index contributed by atoms with van der Waals surface area (Å²) in [5.41, 5.74) is 2.14. The molecule has 0 aliphatic rings. The number of hydrogen-bond acceptors (Lipinski definition) is 2. The molecule has 2 aromatic rings. The molecule has 1 unspecified atom stereocenters. The van der Waals surface area contributed by atoms with Crippen LogP contribution in [0.15, 0.2) is 48.7 Å². The third kappa shape index (κ3) is 3.67. The molecule has 104 valence electrons. The Hall–Kier alpha value is -2.16. The maximum absolute atomic E-state index is 12.5. The third-order valence-electron chi connectivity index (χ3n) is 3.26. The number of carbonyl (C=O) groups is 1. The second kappa shape index (κ2) is 6.85. The van der Waals surface area contributed by atoms with E-state index in [0.29, 0.717) is 5.82 Å². The first-order chi connectivity index (χ1) is 9.70. The molecule has 1 N–H and O–H groups in total. The van der Waals surface area contributed by atoms with Gasteiger partial charge in [-0.2, -0.15) is 0 Å². The van der Waals surface area contributed by atoms with Crippen LogP contribution < -0.4 is 5.32 Å². The van der Waals surface area contributed by atoms with Gasteiger partial charge in [-0.25, -0.2) is 4.98 Å². The van der Waals surface area contributed by atoms with Crippen molar-refractivity contribution in [3.63, 3.8) is 0 Å². The predicted octanol–water partition coefficient (Wildman–Crippen LogP) is 3.91. The Kier molecular flexibility index (Phi) is 4.88. The zero-order valence-electron chi connectivity index (χ0n) is 12.0. The molecule has 0 aliphatic carbocycles. The molecule has 1 atom stereocenters. The molecule has 0 bridgehead atoms. The van der Waals surface area contributed by atoms with E-state index in [1.54, 1.807) is 6.20 Å². The van der Waals surface area contributed by atoms with Crippen LogP contribution in [0.2, 0.25) is 0 Å². The molecule has 0 saturated carbocycles. The van der Waals surface area contributed by atoms with Gasteiger partial charge in [0.1, 0.15) is 5.82 Å². The molecule has 20 heavy (non-hydrogen) atoms. The summed E-state index contributed by atoms with van der Waals surface area (Å²) in [6.07, 6.45) is 3.51. The number of rotatable bonds is 5. The quantitative estimate of drug-likeness (QED) is 0.893. The molecule has 0 spiro atoms. The van der Waals surface area contributed by atoms with Crippen molar-refractivity contribution in [1.82, 2.24) is 4.98 Å². The molecule has 0 saturated heterocycles. The van der Waals surface area contributed by atoms with Gasteiger partial charge < -0.3 is 5.32 Å². The predicted molar refractivity (Wildman–Crippen MR) is 81.7 cm³/mol. The van der Waals surface area contributed by atoms with E-state index in [1.165, 1.54) is 0 Å². The lowest BCUT2D eigenvalue weighted by molar-refractivity contribution is -0.117. The number of aromatic nitrogens is 1. The van der Waals surface area contributed by atoms with Crippen molar-refractivity contribution in [3.8, 4) is 0 Å². The Morgan fingerprint density at radius 2 is 2.00 bits per heavy atom. The molecular formula is C17H20N2O. The van der Waals surface area contributed by atoms with E-state index in [2.05, 4.69) is 17.2 Å². The molecular weight excluding hydrogens is 248 g/mol. The van der Waals surface area contributed by atoms with E-state index < -0.39 is 0 Å². The molecule has 1 aromatic heterocycles. The van der Waals surface area contributed by atoms with Gasteiger partial charge in [0.25, 0.3) is 0 Å². The minimum atomic E-state index is -0.122. The monoisotopic (exact) mass is 268 g/mol. The van der Waals surface area contributed by atoms with Crippen molar-refractivity contribution >= 4 is 11.7 Å². The van der Waals surface area contributed by atoms with E-state index in [-0.39, 0.29) is 11.8 Å². The number of pyridine rings is 1. The van der Waals surface area contributed by atoms with Gasteiger partial charge in [0.05, 0.1) is 5.92 Å². The van der Waals surface area contributed by atoms with Crippen molar-refractivity contribution in [1.29, 1.82) is 0 Å². The number of nitrogens with zero attached hydrogens (tertiary/aromatic N) is 1. The largest absolute Gasteiger partial charge is 0.310 e. The van der Waals surface area contributed by atoms with Gasteiger partial charge in [0.15, 0.2) is 0 Å². The van der Waals surface area contributed by atoms with Gasteiger partial charge in [-0.05, 0) is 36.6 Å². The van der Waals surface area contributed by atoms with Crippen LogP contribution in [0.3, 0.4) is 0 Å². The number of benzene rings is 1. The maximum Gasteiger partial charge on any atom is 0.233 e. The van der Waals surface area contributed by atoms with Crippen molar-refractivity contribution in [2.45, 2.75) is 32.6 Å². The Balaban J connectivity index is 2.15. The van der Waals surface area contributed by atoms with Crippen molar-refractivity contribution in [3.05, 3.63) is 59.8 Å². The van der Waals surface area contributed by atoms with Gasteiger partial charge in [0.2, 0.25) is 5.91 Å². The molecule has 2 rings (SSSR count). The summed E-state index contributed by atoms with van der Waals surface area (Å²) in [6.45, 7) is 4.08. The highest BCUT2D eigenvalue weighted by molar-refractivity contribution is 5.95. The fourth-order valence-corrected chi connectivity index (χ4v) is 2.24. The third-order valence-corrected chi connectivity index (χ3v) is 3.26. The second-order valence-electron chi connectivity index (χ2n) is 4.96. The van der Waals surface area contributed by atoms with E-state index in [4.69, 9.17) is 0 Å². The van der Waals surface area contributed by atoms with Gasteiger partial charge in [-0.1, -0.05) is 43.7 Å². The van der Waals surface area contributed by atoms with Crippen LogP contribution in [0.25, 0.3) is 0 Å². The Morgan fingerprint density at radius 1 is 1.25 bits per heavy atom. The van der Waals surface area contributed by atoms with E-state index >= 15 is 0 Å². The molecule has 3 nitrogen and oxygen atoms in total. The van der Waals surface area contributed by atoms with Crippen LogP contribution in [-0.4, -0.2) is 10.9 Å². The average molecular weight is 268 g/mol. The lowest BCUT2D eigenvalue weighted by atomic mass is 9.93. The van der Waals surface area contributed by atoms with Crippen LogP contribution in [0, 0.1) is 6.92 Å². The van der Waals surface area contributed by atoms with Gasteiger partial charge in [0, 0.05) is 6.20 Å². The first-order valence-corrected chi connectivity index (χ1v) is 6.99. The van der Waals surface area contributed by atoms with Crippen molar-refractivity contribution in [2.24, 2.45) is 0 Å². The lowest BCUT2D eigenvalue weighted by Gasteiger charge is -2.16. The molecule has 1 heterocycles. The molecule has 1 amide bonds. The highest BCUT2D eigenvalue weighted by Crippen LogP contribution is 2.22. The maximum atomic E-state index is 12.5. The summed E-state index contributed by atoms with van der Waals surface area (Å²) >= 11 is 0. The minimum absolute atomic E-state index is 0.0103. The molecule has 3 heteroatoms. The topological polar surface area (TPSA) is 42.0 Å². The minimum Gasteiger partial charge on any atom is -0.310 e. The SMILES string of the molecule is CCCC(C(=O)Nc1cc(C)ccn1)c1ccccc1. The molecule has 0 fully saturated rings. The number of nitrogens with one attached hydrogen (secondary N) is 1. The number of amides is 1. The Bertz CT molecular complexity index is 566. The van der Waals surface area contributed by atoms with Crippen molar-refractivity contribution < 1.29 is 4.79 Å². The first-order valence-electron chi connectivity index (χ1n) is 6.99. The summed E-state index contributed by atoms with van der Waals surface area (Å²) < 4.78 is 0. The van der Waals surface area contributed by atoms with Crippen LogP contribution in [-0.2, 0) is 4.79 Å². The number of aryl methyl sites for hydroxylation is 1. The molecule has 0 radical (unpaired) electrons. The fourth-order valence-electron chi connectivity index (χ4n) is 2.24. The summed E-state index contributed by atoms with van der Waals surface area (Å²) in [4.78, 5) is 16.6. The second-order valence-corrected chi connectivity index (χ2v) is 4.96. The number of carbonyl (C=O) groups excluding carboxylic acids is 1. The van der Waals surface area contributed by atoms with Crippen molar-refractivity contribution in [2.75, 3.05) is 5.32 Å². The Labute approximate surface area is 120 Å². The van der Waals surface area contributed by atoms with E-state index in [0.717, 1.165) is 24.0 Å². The van der Waals surface area contributed by atoms with Crippen LogP contribution in [0.5, 0.6) is 0 Å². The van der Waals surface area contributed by atoms with Gasteiger partial charge in [-0.15, -0.1) is 0 Å². The fraction of sp³-hybridized carbons (Fsp3) is 0.294. The van der Waals surface area contributed by atoms with Crippen LogP contribution in [0.1, 0.15) is 36.8 Å². The van der Waals surface area contributed by atoms with Gasteiger partial charge >= 0.3 is 0 Å². The highest BCUT2D eigenvalue weighted by Gasteiger charge is 2.19. The Morgan fingerprint density at radius 3 is 2.65 bits per heavy atom.